The summed E-state index contributed by atoms with van der Waals surface area (Å²) in [4.78, 5) is 38.0. The third kappa shape index (κ3) is 4.98. The third-order valence-corrected chi connectivity index (χ3v) is 4.32. The van der Waals surface area contributed by atoms with Gasteiger partial charge in [0.25, 0.3) is 5.69 Å². The number of cyclic esters (lactones) is 1. The molecule has 1 aliphatic rings. The average Bonchev–Trinajstić information content (AvgIpc) is 3.12. The minimum Gasteiger partial charge on any atom is -0.493 e. The fourth-order valence-corrected chi connectivity index (χ4v) is 2.87. The van der Waals surface area contributed by atoms with Crippen LogP contribution in [0, 0.1) is 10.1 Å². The highest BCUT2D eigenvalue weighted by atomic mass is 35.5. The number of carbonyl (C=O) groups excluding carboxylic acids is 2. The van der Waals surface area contributed by atoms with E-state index in [1.807, 2.05) is 0 Å². The number of nitro groups is 1. The van der Waals surface area contributed by atoms with Gasteiger partial charge in [0.15, 0.2) is 23.8 Å². The summed E-state index contributed by atoms with van der Waals surface area (Å²) in [6, 6.07) is 8.58. The maximum atomic E-state index is 12.2. The smallest absolute Gasteiger partial charge is 0.363 e. The summed E-state index contributed by atoms with van der Waals surface area (Å²) >= 11 is 6.23. The summed E-state index contributed by atoms with van der Waals surface area (Å²) < 4.78 is 20.2. The van der Waals surface area contributed by atoms with Crippen molar-refractivity contribution in [2.45, 2.75) is 0 Å². The first-order valence-electron chi connectivity index (χ1n) is 8.67. The largest absolute Gasteiger partial charge is 0.493 e. The summed E-state index contributed by atoms with van der Waals surface area (Å²) in [5, 5.41) is 11.1. The second kappa shape index (κ2) is 9.26. The molecule has 2 aromatic rings. The minimum atomic E-state index is -0.734. The Bertz CT molecular complexity index is 1130. The van der Waals surface area contributed by atoms with Crippen molar-refractivity contribution in [1.29, 1.82) is 0 Å². The van der Waals surface area contributed by atoms with E-state index in [-0.39, 0.29) is 46.0 Å². The molecule has 0 fully saturated rings. The Morgan fingerprint density at radius 3 is 2.74 bits per heavy atom. The Kier molecular flexibility index (Phi) is 6.51. The van der Waals surface area contributed by atoms with Crippen LogP contribution >= 0.6 is 11.6 Å². The van der Waals surface area contributed by atoms with Crippen molar-refractivity contribution in [2.24, 2.45) is 4.99 Å². The molecule has 0 aliphatic carbocycles. The standard InChI is InChI=1S/C20H15ClN2O8/c1-28-16-8-11(6-14(21)18(16)30-10-17(24)29-2)7-15-20(25)31-19(22-15)12-4-3-5-13(9-12)23(26)27/h3-9H,10H2,1-2H3/b15-7-. The molecule has 0 atom stereocenters. The second-order valence-corrected chi connectivity index (χ2v) is 6.45. The normalized spacial score (nSPS) is 14.1. The van der Waals surface area contributed by atoms with Crippen LogP contribution in [0.3, 0.4) is 0 Å². The van der Waals surface area contributed by atoms with Gasteiger partial charge in [0.1, 0.15) is 0 Å². The van der Waals surface area contributed by atoms with Gasteiger partial charge in [-0.3, -0.25) is 10.1 Å². The molecule has 160 valence electrons. The number of non-ortho nitro benzene ring substituents is 1. The lowest BCUT2D eigenvalue weighted by molar-refractivity contribution is -0.384. The van der Waals surface area contributed by atoms with Gasteiger partial charge < -0.3 is 18.9 Å². The van der Waals surface area contributed by atoms with E-state index in [2.05, 4.69) is 9.73 Å². The van der Waals surface area contributed by atoms with Gasteiger partial charge in [-0.15, -0.1) is 0 Å². The number of ether oxygens (including phenoxy) is 4. The first kappa shape index (κ1) is 21.8. The number of rotatable bonds is 7. The minimum absolute atomic E-state index is 0.0390. The van der Waals surface area contributed by atoms with Gasteiger partial charge >= 0.3 is 11.9 Å². The Morgan fingerprint density at radius 1 is 1.29 bits per heavy atom. The van der Waals surface area contributed by atoms with Crippen molar-refractivity contribution >= 4 is 41.2 Å². The first-order chi connectivity index (χ1) is 14.8. The number of aliphatic imine (C=N–C) groups is 1. The summed E-state index contributed by atoms with van der Waals surface area (Å²) in [6.45, 7) is -0.365. The van der Waals surface area contributed by atoms with Gasteiger partial charge in [0, 0.05) is 17.7 Å². The first-order valence-corrected chi connectivity index (χ1v) is 9.04. The lowest BCUT2D eigenvalue weighted by atomic mass is 10.1. The molecule has 10 nitrogen and oxygen atoms in total. The zero-order valence-electron chi connectivity index (χ0n) is 16.3. The van der Waals surface area contributed by atoms with Gasteiger partial charge in [-0.25, -0.2) is 14.6 Å². The van der Waals surface area contributed by atoms with Crippen LogP contribution in [0.2, 0.25) is 5.02 Å². The highest BCUT2D eigenvalue weighted by Gasteiger charge is 2.25. The van der Waals surface area contributed by atoms with Crippen molar-refractivity contribution in [3.8, 4) is 11.5 Å². The molecule has 0 spiro atoms. The Hall–Kier alpha value is -3.92. The molecule has 11 heteroatoms. The summed E-state index contributed by atoms with van der Waals surface area (Å²) in [6.07, 6.45) is 1.41. The van der Waals surface area contributed by atoms with Crippen LogP contribution < -0.4 is 9.47 Å². The van der Waals surface area contributed by atoms with E-state index in [0.29, 0.717) is 5.56 Å². The van der Waals surface area contributed by atoms with E-state index in [4.69, 9.17) is 25.8 Å². The van der Waals surface area contributed by atoms with Gasteiger partial charge in [-0.2, -0.15) is 0 Å². The molecule has 0 amide bonds. The van der Waals surface area contributed by atoms with Crippen LogP contribution in [-0.4, -0.2) is 43.6 Å². The Balaban J connectivity index is 1.91. The molecule has 0 unspecified atom stereocenters. The van der Waals surface area contributed by atoms with E-state index in [9.17, 15) is 19.7 Å². The van der Waals surface area contributed by atoms with Gasteiger partial charge in [-0.05, 0) is 29.8 Å². The quantitative estimate of drug-likeness (QED) is 0.274. The van der Waals surface area contributed by atoms with Crippen LogP contribution in [-0.2, 0) is 19.1 Å². The molecule has 0 N–H and O–H groups in total. The molecule has 2 aromatic carbocycles. The zero-order chi connectivity index (χ0) is 22.5. The Labute approximate surface area is 180 Å². The zero-order valence-corrected chi connectivity index (χ0v) is 17.0. The molecule has 1 heterocycles. The van der Waals surface area contributed by atoms with Gasteiger partial charge in [0.2, 0.25) is 5.90 Å². The number of hydrogen-bond acceptors (Lipinski definition) is 9. The predicted octanol–water partition coefficient (Wildman–Crippen LogP) is 3.15. The van der Waals surface area contributed by atoms with E-state index < -0.39 is 16.9 Å². The highest BCUT2D eigenvalue weighted by Crippen LogP contribution is 2.37. The van der Waals surface area contributed by atoms with Gasteiger partial charge in [-0.1, -0.05) is 17.7 Å². The molecular weight excluding hydrogens is 432 g/mol. The summed E-state index contributed by atoms with van der Waals surface area (Å²) in [5.41, 5.74) is 0.534. The van der Waals surface area contributed by atoms with Crippen molar-refractivity contribution in [3.05, 3.63) is 68.4 Å². The molecular formula is C20H15ClN2O8. The Morgan fingerprint density at radius 2 is 2.06 bits per heavy atom. The number of halogens is 1. The fraction of sp³-hybridized carbons (Fsp3) is 0.150. The SMILES string of the molecule is COC(=O)COc1c(Cl)cc(/C=C2\N=C(c3cccc([N+](=O)[O-])c3)OC2=O)cc1OC. The van der Waals surface area contributed by atoms with Crippen molar-refractivity contribution in [3.63, 3.8) is 0 Å². The topological polar surface area (TPSA) is 127 Å². The second-order valence-electron chi connectivity index (χ2n) is 6.04. The molecule has 31 heavy (non-hydrogen) atoms. The molecule has 3 rings (SSSR count). The number of esters is 2. The molecule has 0 saturated carbocycles. The fourth-order valence-electron chi connectivity index (χ4n) is 2.60. The van der Waals surface area contributed by atoms with E-state index in [0.717, 1.165) is 0 Å². The van der Waals surface area contributed by atoms with Crippen LogP contribution in [0.5, 0.6) is 11.5 Å². The van der Waals surface area contributed by atoms with Crippen LogP contribution in [0.25, 0.3) is 6.08 Å². The van der Waals surface area contributed by atoms with Crippen molar-refractivity contribution < 1.29 is 33.5 Å². The monoisotopic (exact) mass is 446 g/mol. The maximum Gasteiger partial charge on any atom is 0.363 e. The number of benzene rings is 2. The average molecular weight is 447 g/mol. The van der Waals surface area contributed by atoms with Crippen LogP contribution in [0.1, 0.15) is 11.1 Å². The number of nitrogens with zero attached hydrogens (tertiary/aromatic N) is 2. The van der Waals surface area contributed by atoms with Crippen LogP contribution in [0.15, 0.2) is 47.1 Å². The van der Waals surface area contributed by atoms with Gasteiger partial charge in [0.05, 0.1) is 24.2 Å². The molecule has 1 aliphatic heterocycles. The highest BCUT2D eigenvalue weighted by molar-refractivity contribution is 6.32. The molecule has 0 bridgehead atoms. The van der Waals surface area contributed by atoms with Crippen molar-refractivity contribution in [1.82, 2.24) is 0 Å². The van der Waals surface area contributed by atoms with E-state index in [1.54, 1.807) is 0 Å². The van der Waals surface area contributed by atoms with E-state index >= 15 is 0 Å². The van der Waals surface area contributed by atoms with E-state index in [1.165, 1.54) is 56.7 Å². The number of nitro benzene ring substituents is 1. The number of hydrogen-bond donors (Lipinski definition) is 0. The molecule has 0 aromatic heterocycles. The third-order valence-electron chi connectivity index (χ3n) is 4.04. The lowest BCUT2D eigenvalue weighted by Gasteiger charge is -2.12. The lowest BCUT2D eigenvalue weighted by Crippen LogP contribution is -2.13. The summed E-state index contributed by atoms with van der Waals surface area (Å²) in [7, 11) is 2.61. The molecule has 0 radical (unpaired) electrons. The number of carbonyl (C=O) groups is 2. The van der Waals surface area contributed by atoms with Crippen molar-refractivity contribution in [2.75, 3.05) is 20.8 Å². The predicted molar refractivity (Wildman–Crippen MR) is 109 cm³/mol. The van der Waals surface area contributed by atoms with Crippen LogP contribution in [0.4, 0.5) is 5.69 Å². The number of methoxy groups -OCH3 is 2. The molecule has 0 saturated heterocycles. The maximum absolute atomic E-state index is 12.2. The summed E-state index contributed by atoms with van der Waals surface area (Å²) in [5.74, 6) is -1.04.